The second kappa shape index (κ2) is 8.76. The maximum absolute atomic E-state index is 3.23. The molecular formula is C22H22. The zero-order valence-electron chi connectivity index (χ0n) is 13.4. The summed E-state index contributed by atoms with van der Waals surface area (Å²) in [5.74, 6) is 12.9. The van der Waals surface area contributed by atoms with Gasteiger partial charge in [-0.15, -0.1) is 5.92 Å². The fraction of sp³-hybridized carbons (Fsp3) is 0.273. The fourth-order valence-corrected chi connectivity index (χ4v) is 2.01. The average molecular weight is 286 g/mol. The molecule has 0 saturated carbocycles. The van der Waals surface area contributed by atoms with Crippen molar-refractivity contribution in [1.82, 2.24) is 0 Å². The van der Waals surface area contributed by atoms with Crippen LogP contribution in [-0.4, -0.2) is 0 Å². The highest BCUT2D eigenvalue weighted by atomic mass is 14.0. The number of benzene rings is 2. The first-order chi connectivity index (χ1) is 10.8. The molecule has 0 spiro atoms. The maximum atomic E-state index is 3.23. The molecule has 22 heavy (non-hydrogen) atoms. The van der Waals surface area contributed by atoms with Crippen LogP contribution in [0.1, 0.15) is 48.4 Å². The lowest BCUT2D eigenvalue weighted by Crippen LogP contribution is -1.83. The van der Waals surface area contributed by atoms with Crippen molar-refractivity contribution in [2.24, 2.45) is 0 Å². The summed E-state index contributed by atoms with van der Waals surface area (Å²) in [5.41, 5.74) is 4.61. The molecule has 0 bridgehead atoms. The van der Waals surface area contributed by atoms with Crippen molar-refractivity contribution in [3.8, 4) is 23.7 Å². The molecule has 110 valence electrons. The van der Waals surface area contributed by atoms with Crippen LogP contribution in [0, 0.1) is 30.6 Å². The molecule has 0 nitrogen and oxygen atoms in total. The van der Waals surface area contributed by atoms with Crippen molar-refractivity contribution in [1.29, 1.82) is 0 Å². The lowest BCUT2D eigenvalue weighted by Gasteiger charge is -1.96. The van der Waals surface area contributed by atoms with Gasteiger partial charge in [0, 0.05) is 24.0 Å². The Labute approximate surface area is 134 Å². The molecule has 2 aromatic rings. The van der Waals surface area contributed by atoms with E-state index in [4.69, 9.17) is 0 Å². The number of rotatable bonds is 3. The van der Waals surface area contributed by atoms with E-state index in [1.165, 1.54) is 24.0 Å². The minimum atomic E-state index is 0.829. The Morgan fingerprint density at radius 1 is 0.773 bits per heavy atom. The van der Waals surface area contributed by atoms with Crippen molar-refractivity contribution in [2.45, 2.75) is 39.5 Å². The van der Waals surface area contributed by atoms with Crippen molar-refractivity contribution < 1.29 is 0 Å². The van der Waals surface area contributed by atoms with Gasteiger partial charge in [-0.3, -0.25) is 0 Å². The molecule has 0 heteroatoms. The van der Waals surface area contributed by atoms with Crippen molar-refractivity contribution in [3.05, 3.63) is 70.8 Å². The molecule has 0 aliphatic rings. The van der Waals surface area contributed by atoms with Crippen LogP contribution < -0.4 is 0 Å². The van der Waals surface area contributed by atoms with E-state index in [0.29, 0.717) is 0 Å². The highest BCUT2D eigenvalue weighted by molar-refractivity contribution is 5.44. The molecule has 0 atom stereocenters. The lowest BCUT2D eigenvalue weighted by molar-refractivity contribution is 0.827. The van der Waals surface area contributed by atoms with Gasteiger partial charge in [0.1, 0.15) is 0 Å². The lowest BCUT2D eigenvalue weighted by atomic mass is 10.1. The number of hydrogen-bond acceptors (Lipinski definition) is 0. The van der Waals surface area contributed by atoms with E-state index >= 15 is 0 Å². The van der Waals surface area contributed by atoms with Gasteiger partial charge in [0.2, 0.25) is 0 Å². The van der Waals surface area contributed by atoms with Crippen LogP contribution in [0.15, 0.2) is 48.5 Å². The minimum absolute atomic E-state index is 0.829. The molecule has 0 saturated heterocycles. The van der Waals surface area contributed by atoms with Gasteiger partial charge in [-0.25, -0.2) is 0 Å². The van der Waals surface area contributed by atoms with E-state index in [-0.39, 0.29) is 0 Å². The summed E-state index contributed by atoms with van der Waals surface area (Å²) in [5, 5.41) is 0. The molecule has 0 heterocycles. The normalized spacial score (nSPS) is 9.36. The van der Waals surface area contributed by atoms with E-state index in [1.54, 1.807) is 0 Å². The molecule has 0 N–H and O–H groups in total. The third-order valence-electron chi connectivity index (χ3n) is 3.43. The predicted octanol–water partition coefficient (Wildman–Crippen LogP) is 5.13. The van der Waals surface area contributed by atoms with Crippen LogP contribution >= 0.6 is 0 Å². The third-order valence-corrected chi connectivity index (χ3v) is 3.43. The molecule has 0 amide bonds. The van der Waals surface area contributed by atoms with Gasteiger partial charge in [0.05, 0.1) is 0 Å². The first kappa shape index (κ1) is 15.9. The van der Waals surface area contributed by atoms with E-state index in [2.05, 4.69) is 86.1 Å². The molecule has 0 unspecified atom stereocenters. The third kappa shape index (κ3) is 5.51. The second-order valence-electron chi connectivity index (χ2n) is 5.45. The van der Waals surface area contributed by atoms with E-state index < -0.39 is 0 Å². The average Bonchev–Trinajstić information content (AvgIpc) is 2.55. The van der Waals surface area contributed by atoms with E-state index in [0.717, 1.165) is 24.0 Å². The summed E-state index contributed by atoms with van der Waals surface area (Å²) < 4.78 is 0. The molecule has 0 aliphatic carbocycles. The van der Waals surface area contributed by atoms with Crippen LogP contribution in [0.5, 0.6) is 0 Å². The van der Waals surface area contributed by atoms with E-state index in [1.807, 2.05) is 0 Å². The molecular weight excluding hydrogens is 264 g/mol. The molecule has 2 rings (SSSR count). The molecule has 2 aromatic carbocycles. The van der Waals surface area contributed by atoms with Gasteiger partial charge in [-0.05, 0) is 43.2 Å². The van der Waals surface area contributed by atoms with Crippen LogP contribution in [0.2, 0.25) is 0 Å². The van der Waals surface area contributed by atoms with Crippen molar-refractivity contribution in [3.63, 3.8) is 0 Å². The van der Waals surface area contributed by atoms with Gasteiger partial charge >= 0.3 is 0 Å². The highest BCUT2D eigenvalue weighted by Gasteiger charge is 1.91. The molecule has 0 fully saturated rings. The first-order valence-electron chi connectivity index (χ1n) is 7.91. The quantitative estimate of drug-likeness (QED) is 0.542. The first-order valence-corrected chi connectivity index (χ1v) is 7.91. The van der Waals surface area contributed by atoms with Gasteiger partial charge in [-0.1, -0.05) is 60.9 Å². The summed E-state index contributed by atoms with van der Waals surface area (Å²) in [4.78, 5) is 0. The Morgan fingerprint density at radius 3 is 1.95 bits per heavy atom. The SMILES string of the molecule is CCCCC#CCc1ccc(C#Cc2ccc(C)cc2)cc1. The van der Waals surface area contributed by atoms with Crippen LogP contribution in [0.25, 0.3) is 0 Å². The maximum Gasteiger partial charge on any atom is 0.0340 e. The molecule has 0 radical (unpaired) electrons. The van der Waals surface area contributed by atoms with Crippen LogP contribution in [-0.2, 0) is 6.42 Å². The molecule has 0 aromatic heterocycles. The number of hydrogen-bond donors (Lipinski definition) is 0. The smallest absolute Gasteiger partial charge is 0.0340 e. The minimum Gasteiger partial charge on any atom is -0.103 e. The van der Waals surface area contributed by atoms with E-state index in [9.17, 15) is 0 Å². The Hall–Kier alpha value is -2.44. The zero-order valence-corrected chi connectivity index (χ0v) is 13.4. The van der Waals surface area contributed by atoms with Crippen molar-refractivity contribution >= 4 is 0 Å². The van der Waals surface area contributed by atoms with Gasteiger partial charge in [0.15, 0.2) is 0 Å². The number of unbranched alkanes of at least 4 members (excludes halogenated alkanes) is 2. The highest BCUT2D eigenvalue weighted by Crippen LogP contribution is 2.05. The van der Waals surface area contributed by atoms with Crippen LogP contribution in [0.3, 0.4) is 0 Å². The van der Waals surface area contributed by atoms with Crippen LogP contribution in [0.4, 0.5) is 0 Å². The van der Waals surface area contributed by atoms with Crippen molar-refractivity contribution in [2.75, 3.05) is 0 Å². The summed E-state index contributed by atoms with van der Waals surface area (Å²) in [7, 11) is 0. The largest absolute Gasteiger partial charge is 0.103 e. The topological polar surface area (TPSA) is 0 Å². The predicted molar refractivity (Wildman–Crippen MR) is 94.6 cm³/mol. The second-order valence-corrected chi connectivity index (χ2v) is 5.45. The Bertz CT molecular complexity index is 695. The Balaban J connectivity index is 1.94. The van der Waals surface area contributed by atoms with Gasteiger partial charge in [0.25, 0.3) is 0 Å². The fourth-order valence-electron chi connectivity index (χ4n) is 2.01. The standard InChI is InChI=1S/C22H22/c1-3-4-5-6-7-8-20-13-15-22(16-14-20)18-17-21-11-9-19(2)10-12-21/h9-16H,3-5,8H2,1-2H3. The summed E-state index contributed by atoms with van der Waals surface area (Å²) in [6.45, 7) is 4.28. The van der Waals surface area contributed by atoms with Gasteiger partial charge in [-0.2, -0.15) is 0 Å². The summed E-state index contributed by atoms with van der Waals surface area (Å²) >= 11 is 0. The molecule has 0 aliphatic heterocycles. The number of aryl methyl sites for hydroxylation is 1. The van der Waals surface area contributed by atoms with Gasteiger partial charge < -0.3 is 0 Å². The zero-order chi connectivity index (χ0) is 15.6. The Kier molecular flexibility index (Phi) is 6.35. The summed E-state index contributed by atoms with van der Waals surface area (Å²) in [6, 6.07) is 16.7. The monoisotopic (exact) mass is 286 g/mol. The summed E-state index contributed by atoms with van der Waals surface area (Å²) in [6.07, 6.45) is 4.25. The Morgan fingerprint density at radius 2 is 1.36 bits per heavy atom.